The first kappa shape index (κ1) is 42.2. The van der Waals surface area contributed by atoms with E-state index in [0.29, 0.717) is 0 Å². The zero-order valence-corrected chi connectivity index (χ0v) is 25.7. The van der Waals surface area contributed by atoms with Gasteiger partial charge in [0.05, 0.1) is 26.8 Å². The summed E-state index contributed by atoms with van der Waals surface area (Å²) in [5.41, 5.74) is -12.4. The summed E-state index contributed by atoms with van der Waals surface area (Å²) in [4.78, 5) is 0. The molecule has 2 N–H and O–H groups in total. The molecule has 0 saturated heterocycles. The fraction of sp³-hybridized carbons (Fsp3) is 0.920. The van der Waals surface area contributed by atoms with Crippen LogP contribution in [0.15, 0.2) is 12.2 Å². The summed E-state index contributed by atoms with van der Waals surface area (Å²) in [6, 6.07) is 0. The van der Waals surface area contributed by atoms with Crippen molar-refractivity contribution in [2.45, 2.75) is 108 Å². The van der Waals surface area contributed by atoms with Gasteiger partial charge in [0.25, 0.3) is 0 Å². The molecule has 0 unspecified atom stereocenters. The first-order chi connectivity index (χ1) is 18.9. The lowest BCUT2D eigenvalue weighted by Crippen LogP contribution is -2.48. The lowest BCUT2D eigenvalue weighted by molar-refractivity contribution is -0.910. The van der Waals surface area contributed by atoms with E-state index in [1.54, 1.807) is 0 Å². The van der Waals surface area contributed by atoms with E-state index in [2.05, 4.69) is 26.1 Å². The Kier molecular flexibility index (Phi) is 22.3. The number of unbranched alkanes of at least 4 members (excludes halogenated alkanes) is 12. The molecule has 0 aromatic heterocycles. The summed E-state index contributed by atoms with van der Waals surface area (Å²) in [6.45, 7) is 5.28. The van der Waals surface area contributed by atoms with Crippen LogP contribution in [-0.2, 0) is 20.0 Å². The van der Waals surface area contributed by atoms with Crippen LogP contribution in [0.3, 0.4) is 0 Å². The Morgan fingerprint density at radius 3 is 1.29 bits per heavy atom. The van der Waals surface area contributed by atoms with Crippen molar-refractivity contribution in [1.29, 1.82) is 0 Å². The van der Waals surface area contributed by atoms with Gasteiger partial charge in [-0.2, -0.15) is 26.3 Å². The maximum Gasteiger partial charge on any atom is 0.480 e. The van der Waals surface area contributed by atoms with Crippen LogP contribution in [0.25, 0.3) is 4.13 Å². The highest BCUT2D eigenvalue weighted by Crippen LogP contribution is 2.36. The molecule has 0 aliphatic rings. The fourth-order valence-electron chi connectivity index (χ4n) is 3.77. The second-order valence-electron chi connectivity index (χ2n) is 10.1. The van der Waals surface area contributed by atoms with Crippen molar-refractivity contribution in [3.63, 3.8) is 0 Å². The molecule has 0 aromatic rings. The molecule has 0 atom stereocenters. The quantitative estimate of drug-likeness (QED) is 0.0596. The lowest BCUT2D eigenvalue weighted by atomic mass is 10.1. The van der Waals surface area contributed by atoms with E-state index >= 15 is 0 Å². The largest absolute Gasteiger partial charge is 0.480 e. The molecule has 8 nitrogen and oxygen atoms in total. The molecule has 16 heteroatoms. The molecule has 0 aromatic carbocycles. The standard InChI is InChI=1S/C23H48NO2.C2F6NO4S2/c1-3-4-5-6-7-8-9-10-11-12-13-14-15-16-17-18-19-24(2,20-22-25)21-23-26;3-1(4,5)14(10,11)9-15(12,13)2(6,7)8/h10-11,25-26H,3-9,12-23H2,1-2H3;/q+1;-1/b11-10-;. The molecule has 0 radical (unpaired) electrons. The topological polar surface area (TPSA) is 123 Å². The average Bonchev–Trinajstić information content (AvgIpc) is 2.82. The van der Waals surface area contributed by atoms with Gasteiger partial charge in [-0.3, -0.25) is 0 Å². The van der Waals surface area contributed by atoms with Gasteiger partial charge in [-0.15, -0.1) is 0 Å². The second-order valence-corrected chi connectivity index (χ2v) is 13.5. The molecule has 0 aliphatic heterocycles. The average molecular weight is 651 g/mol. The fourth-order valence-corrected chi connectivity index (χ4v) is 5.48. The molecule has 0 fully saturated rings. The molecule has 0 spiro atoms. The van der Waals surface area contributed by atoms with Crippen molar-refractivity contribution in [3.8, 4) is 0 Å². The van der Waals surface area contributed by atoms with Crippen molar-refractivity contribution in [2.75, 3.05) is 39.9 Å². The number of halogens is 6. The highest BCUT2D eigenvalue weighted by Gasteiger charge is 2.46. The van der Waals surface area contributed by atoms with Crippen LogP contribution in [0.4, 0.5) is 26.3 Å². The number of quaternary nitrogens is 1. The zero-order chi connectivity index (χ0) is 32.1. The van der Waals surface area contributed by atoms with Crippen molar-refractivity contribution >= 4 is 20.0 Å². The summed E-state index contributed by atoms with van der Waals surface area (Å²) in [5.74, 6) is 0. The van der Waals surface area contributed by atoms with Crippen LogP contribution in [0, 0.1) is 0 Å². The maximum atomic E-state index is 11.4. The van der Waals surface area contributed by atoms with Crippen LogP contribution in [0.5, 0.6) is 0 Å². The number of sulfonamides is 2. The predicted octanol–water partition coefficient (Wildman–Crippen LogP) is 6.51. The van der Waals surface area contributed by atoms with Gasteiger partial charge in [0, 0.05) is 0 Å². The smallest absolute Gasteiger partial charge is 0.421 e. The minimum absolute atomic E-state index is 0.211. The van der Waals surface area contributed by atoms with Crippen LogP contribution in [0.2, 0.25) is 0 Å². The number of hydrogen-bond acceptors (Lipinski definition) is 6. The minimum Gasteiger partial charge on any atom is -0.421 e. The second kappa shape index (κ2) is 21.7. The first-order valence-electron chi connectivity index (χ1n) is 14.0. The van der Waals surface area contributed by atoms with Gasteiger partial charge in [0.2, 0.25) is 0 Å². The SMILES string of the molecule is CCCCCCCC/C=C\CCCCCCCC[N+](C)(CCO)CCO.O=S(=O)([N-]S(=O)(=O)C(F)(F)F)C(F)(F)F. The van der Waals surface area contributed by atoms with E-state index in [1.807, 2.05) is 0 Å². The first-order valence-corrected chi connectivity index (χ1v) is 16.8. The molecule has 248 valence electrons. The molecule has 0 heterocycles. The number of alkyl halides is 6. The Hall–Kier alpha value is -0.940. The number of rotatable bonds is 22. The number of nitrogens with zero attached hydrogens (tertiary/aromatic N) is 2. The predicted molar refractivity (Wildman–Crippen MR) is 148 cm³/mol. The summed E-state index contributed by atoms with van der Waals surface area (Å²) < 4.78 is 110. The highest BCUT2D eigenvalue weighted by molar-refractivity contribution is 8.13. The van der Waals surface area contributed by atoms with Gasteiger partial charge in [-0.25, -0.2) is 16.8 Å². The number of likely N-dealkylation sites (N-methyl/N-ethyl adjacent to an activating group) is 1. The maximum absolute atomic E-state index is 11.4. The summed E-state index contributed by atoms with van der Waals surface area (Å²) in [5, 5.41) is 18.3. The number of allylic oxidation sites excluding steroid dienone is 2. The minimum atomic E-state index is -6.72. The number of hydrogen-bond donors (Lipinski definition) is 2. The van der Waals surface area contributed by atoms with E-state index < -0.39 is 31.1 Å². The van der Waals surface area contributed by atoms with Crippen molar-refractivity contribution < 1.29 is 57.9 Å². The normalized spacial score (nSPS) is 13.4. The summed E-state index contributed by atoms with van der Waals surface area (Å²) in [7, 11) is -11.3. The summed E-state index contributed by atoms with van der Waals surface area (Å²) >= 11 is 0. The lowest BCUT2D eigenvalue weighted by Gasteiger charge is -2.33. The highest BCUT2D eigenvalue weighted by atomic mass is 32.3. The number of aliphatic hydroxyl groups excluding tert-OH is 2. The van der Waals surface area contributed by atoms with Gasteiger partial charge in [0.1, 0.15) is 13.1 Å². The Morgan fingerprint density at radius 2 is 0.951 bits per heavy atom. The van der Waals surface area contributed by atoms with Gasteiger partial charge in [0.15, 0.2) is 20.0 Å². The van der Waals surface area contributed by atoms with Crippen LogP contribution in [-0.4, -0.2) is 82.4 Å². The Labute approximate surface area is 241 Å². The van der Waals surface area contributed by atoms with E-state index in [1.165, 1.54) is 89.9 Å². The molecule has 0 bridgehead atoms. The molecular formula is C25H48F6N2O6S2. The van der Waals surface area contributed by atoms with E-state index in [0.717, 1.165) is 28.2 Å². The van der Waals surface area contributed by atoms with Crippen LogP contribution < -0.4 is 0 Å². The van der Waals surface area contributed by atoms with E-state index in [4.69, 9.17) is 10.2 Å². The van der Waals surface area contributed by atoms with Gasteiger partial charge in [-0.05, 0) is 38.5 Å². The van der Waals surface area contributed by atoms with Crippen LogP contribution >= 0.6 is 0 Å². The summed E-state index contributed by atoms with van der Waals surface area (Å²) in [6.07, 6.45) is 23.5. The van der Waals surface area contributed by atoms with E-state index in [9.17, 15) is 43.2 Å². The third kappa shape index (κ3) is 21.4. The molecular weight excluding hydrogens is 602 g/mol. The Morgan fingerprint density at radius 1 is 0.610 bits per heavy atom. The molecule has 0 aliphatic carbocycles. The molecule has 0 saturated carbocycles. The van der Waals surface area contributed by atoms with Crippen LogP contribution in [0.1, 0.15) is 96.8 Å². The molecule has 0 amide bonds. The van der Waals surface area contributed by atoms with Gasteiger partial charge in [-0.1, -0.05) is 70.4 Å². The third-order valence-electron chi connectivity index (χ3n) is 6.27. The Balaban J connectivity index is 0. The third-order valence-corrected chi connectivity index (χ3v) is 9.01. The van der Waals surface area contributed by atoms with Crippen molar-refractivity contribution in [3.05, 3.63) is 16.3 Å². The Bertz CT molecular complexity index is 847. The van der Waals surface area contributed by atoms with Gasteiger partial charge < -0.3 is 18.8 Å². The monoisotopic (exact) mass is 650 g/mol. The number of aliphatic hydroxyl groups is 2. The molecule has 0 rings (SSSR count). The van der Waals surface area contributed by atoms with Crippen molar-refractivity contribution in [2.24, 2.45) is 0 Å². The van der Waals surface area contributed by atoms with E-state index in [-0.39, 0.29) is 13.2 Å². The van der Waals surface area contributed by atoms with Gasteiger partial charge >= 0.3 is 11.0 Å². The zero-order valence-electron chi connectivity index (χ0n) is 24.1. The van der Waals surface area contributed by atoms with Crippen molar-refractivity contribution in [1.82, 2.24) is 0 Å². The molecule has 41 heavy (non-hydrogen) atoms.